The number of likely N-dealkylation sites (tertiary alicyclic amines) is 1. The van der Waals surface area contributed by atoms with Crippen molar-refractivity contribution in [1.82, 2.24) is 10.2 Å². The van der Waals surface area contributed by atoms with Crippen molar-refractivity contribution >= 4 is 12.0 Å². The van der Waals surface area contributed by atoms with Crippen LogP contribution < -0.4 is 10.1 Å². The number of benzene rings is 1. The highest BCUT2D eigenvalue weighted by atomic mass is 16.5. The Morgan fingerprint density at radius 1 is 1.31 bits per heavy atom. The van der Waals surface area contributed by atoms with Gasteiger partial charge in [0.15, 0.2) is 0 Å². The molecule has 26 heavy (non-hydrogen) atoms. The molecule has 0 saturated carbocycles. The van der Waals surface area contributed by atoms with Crippen molar-refractivity contribution in [3.05, 3.63) is 29.3 Å². The second-order valence-corrected chi connectivity index (χ2v) is 6.89. The second-order valence-electron chi connectivity index (χ2n) is 6.89. The third-order valence-electron chi connectivity index (χ3n) is 4.49. The van der Waals surface area contributed by atoms with Gasteiger partial charge >= 0.3 is 12.0 Å². The Labute approximate surface area is 154 Å². The Balaban J connectivity index is 1.97. The quantitative estimate of drug-likeness (QED) is 0.725. The maximum absolute atomic E-state index is 12.5. The van der Waals surface area contributed by atoms with Crippen LogP contribution in [0.15, 0.2) is 18.2 Å². The molecule has 0 aromatic heterocycles. The van der Waals surface area contributed by atoms with Crippen LogP contribution in [0.1, 0.15) is 24.5 Å². The van der Waals surface area contributed by atoms with Crippen LogP contribution >= 0.6 is 0 Å². The topological polar surface area (TPSA) is 88.1 Å². The summed E-state index contributed by atoms with van der Waals surface area (Å²) in [5.41, 5.74) is 1.95. The summed E-state index contributed by atoms with van der Waals surface area (Å²) in [5.74, 6) is -0.459. The summed E-state index contributed by atoms with van der Waals surface area (Å²) in [6.07, 6.45) is 0.606. The summed E-state index contributed by atoms with van der Waals surface area (Å²) in [6.45, 7) is 6.01. The van der Waals surface area contributed by atoms with Gasteiger partial charge in [-0.25, -0.2) is 4.79 Å². The van der Waals surface area contributed by atoms with Gasteiger partial charge in [0.1, 0.15) is 12.4 Å². The number of piperidine rings is 1. The number of carboxylic acids is 1. The van der Waals surface area contributed by atoms with Crippen molar-refractivity contribution in [3.8, 4) is 5.75 Å². The molecule has 0 radical (unpaired) electrons. The number of nitrogens with zero attached hydrogens (tertiary/aromatic N) is 1. The second kappa shape index (κ2) is 9.43. The molecule has 2 N–H and O–H groups in total. The van der Waals surface area contributed by atoms with Gasteiger partial charge in [-0.3, -0.25) is 4.79 Å². The van der Waals surface area contributed by atoms with Crippen LogP contribution in [0.3, 0.4) is 0 Å². The van der Waals surface area contributed by atoms with Gasteiger partial charge in [-0.2, -0.15) is 0 Å². The van der Waals surface area contributed by atoms with Gasteiger partial charge in [0.25, 0.3) is 0 Å². The minimum absolute atomic E-state index is 0.169. The summed E-state index contributed by atoms with van der Waals surface area (Å²) in [4.78, 5) is 25.3. The molecule has 1 heterocycles. The number of rotatable bonds is 7. The Kier molecular flexibility index (Phi) is 7.26. The molecule has 2 unspecified atom stereocenters. The lowest BCUT2D eigenvalue weighted by Crippen LogP contribution is -2.49. The number of amides is 2. The van der Waals surface area contributed by atoms with E-state index in [1.165, 1.54) is 0 Å². The smallest absolute Gasteiger partial charge is 0.317 e. The molecule has 1 saturated heterocycles. The number of carbonyl (C=O) groups is 2. The van der Waals surface area contributed by atoms with Gasteiger partial charge < -0.3 is 24.8 Å². The van der Waals surface area contributed by atoms with Crippen LogP contribution in [-0.2, 0) is 16.1 Å². The molecular formula is C19H28N2O5. The summed E-state index contributed by atoms with van der Waals surface area (Å²) in [6, 6.07) is 5.58. The van der Waals surface area contributed by atoms with Crippen molar-refractivity contribution in [3.63, 3.8) is 0 Å². The predicted octanol–water partition coefficient (Wildman–Crippen LogP) is 2.27. The average molecular weight is 364 g/mol. The van der Waals surface area contributed by atoms with Crippen molar-refractivity contribution < 1.29 is 24.2 Å². The Bertz CT molecular complexity index is 634. The normalized spacial score (nSPS) is 19.9. The highest BCUT2D eigenvalue weighted by Crippen LogP contribution is 2.23. The molecule has 2 amide bonds. The molecule has 1 fully saturated rings. The van der Waals surface area contributed by atoms with Crippen molar-refractivity contribution in [2.45, 2.75) is 26.8 Å². The zero-order chi connectivity index (χ0) is 19.1. The van der Waals surface area contributed by atoms with Gasteiger partial charge in [0.05, 0.1) is 12.5 Å². The minimum atomic E-state index is -0.846. The Morgan fingerprint density at radius 3 is 2.77 bits per heavy atom. The number of hydrogen-bond donors (Lipinski definition) is 2. The zero-order valence-corrected chi connectivity index (χ0v) is 15.7. The summed E-state index contributed by atoms with van der Waals surface area (Å²) in [7, 11) is 1.62. The molecule has 2 atom stereocenters. The van der Waals surface area contributed by atoms with Gasteiger partial charge in [-0.15, -0.1) is 0 Å². The van der Waals surface area contributed by atoms with Crippen LogP contribution in [0, 0.1) is 18.8 Å². The first kappa shape index (κ1) is 20.0. The lowest BCUT2D eigenvalue weighted by atomic mass is 9.91. The number of nitrogens with one attached hydrogen (secondary N) is 1. The Hall–Kier alpha value is -2.28. The Morgan fingerprint density at radius 2 is 2.08 bits per heavy atom. The summed E-state index contributed by atoms with van der Waals surface area (Å²) >= 11 is 0. The number of aryl methyl sites for hydroxylation is 1. The fourth-order valence-electron chi connectivity index (χ4n) is 3.16. The molecular weight excluding hydrogens is 336 g/mol. The highest BCUT2D eigenvalue weighted by Gasteiger charge is 2.31. The van der Waals surface area contributed by atoms with E-state index in [9.17, 15) is 14.7 Å². The monoisotopic (exact) mass is 364 g/mol. The minimum Gasteiger partial charge on any atom is -0.491 e. The molecule has 1 aliphatic heterocycles. The first-order valence-electron chi connectivity index (χ1n) is 8.87. The van der Waals surface area contributed by atoms with Crippen LogP contribution in [0.25, 0.3) is 0 Å². The van der Waals surface area contributed by atoms with E-state index >= 15 is 0 Å². The number of carboxylic acid groups (broad SMARTS) is 1. The van der Waals surface area contributed by atoms with E-state index in [-0.39, 0.29) is 18.5 Å². The van der Waals surface area contributed by atoms with Gasteiger partial charge in [0.2, 0.25) is 0 Å². The van der Waals surface area contributed by atoms with E-state index in [1.807, 2.05) is 32.0 Å². The van der Waals surface area contributed by atoms with E-state index in [4.69, 9.17) is 9.47 Å². The number of ether oxygens (including phenoxy) is 2. The van der Waals surface area contributed by atoms with Crippen LogP contribution in [0.4, 0.5) is 4.79 Å². The van der Waals surface area contributed by atoms with Crippen molar-refractivity contribution in [2.24, 2.45) is 11.8 Å². The lowest BCUT2D eigenvalue weighted by Gasteiger charge is -2.34. The van der Waals surface area contributed by atoms with Gasteiger partial charge in [-0.1, -0.05) is 19.1 Å². The number of carbonyl (C=O) groups excluding carboxylic acids is 1. The van der Waals surface area contributed by atoms with E-state index < -0.39 is 11.9 Å². The van der Waals surface area contributed by atoms with Crippen LogP contribution in [0.2, 0.25) is 0 Å². The molecule has 1 aliphatic rings. The maximum atomic E-state index is 12.5. The van der Waals surface area contributed by atoms with Crippen LogP contribution in [-0.4, -0.2) is 55.4 Å². The summed E-state index contributed by atoms with van der Waals surface area (Å²) in [5, 5.41) is 12.1. The van der Waals surface area contributed by atoms with E-state index in [0.717, 1.165) is 16.9 Å². The van der Waals surface area contributed by atoms with E-state index in [1.54, 1.807) is 12.0 Å². The molecule has 1 aromatic carbocycles. The van der Waals surface area contributed by atoms with Crippen LogP contribution in [0.5, 0.6) is 5.75 Å². The number of aliphatic carboxylic acids is 1. The lowest BCUT2D eigenvalue weighted by molar-refractivity contribution is -0.143. The van der Waals surface area contributed by atoms with Gasteiger partial charge in [0, 0.05) is 32.3 Å². The molecule has 1 aromatic rings. The summed E-state index contributed by atoms with van der Waals surface area (Å²) < 4.78 is 10.7. The standard InChI is InChI=1S/C19H28N2O5/c1-13-4-5-15(17(9-13)26-7-6-25-3)10-20-19(24)21-11-14(2)8-16(12-21)18(22)23/h4-5,9,14,16H,6-8,10-12H2,1-3H3,(H,20,24)(H,22,23). The molecule has 0 spiro atoms. The number of urea groups is 1. The molecule has 0 aliphatic carbocycles. The first-order chi connectivity index (χ1) is 12.4. The first-order valence-corrected chi connectivity index (χ1v) is 8.87. The molecule has 0 bridgehead atoms. The van der Waals surface area contributed by atoms with Crippen molar-refractivity contribution in [2.75, 3.05) is 33.4 Å². The predicted molar refractivity (Wildman–Crippen MR) is 97.3 cm³/mol. The third-order valence-corrected chi connectivity index (χ3v) is 4.49. The van der Waals surface area contributed by atoms with E-state index in [2.05, 4.69) is 5.32 Å². The zero-order valence-electron chi connectivity index (χ0n) is 15.7. The highest BCUT2D eigenvalue weighted by molar-refractivity contribution is 5.76. The maximum Gasteiger partial charge on any atom is 0.317 e. The molecule has 144 valence electrons. The van der Waals surface area contributed by atoms with E-state index in [0.29, 0.717) is 32.7 Å². The van der Waals surface area contributed by atoms with Gasteiger partial charge in [-0.05, 0) is 30.9 Å². The molecule has 7 nitrogen and oxygen atoms in total. The average Bonchev–Trinajstić information content (AvgIpc) is 2.60. The largest absolute Gasteiger partial charge is 0.491 e. The molecule has 7 heteroatoms. The van der Waals surface area contributed by atoms with Crippen molar-refractivity contribution in [1.29, 1.82) is 0 Å². The molecule has 2 rings (SSSR count). The number of methoxy groups -OCH3 is 1. The SMILES string of the molecule is COCCOc1cc(C)ccc1CNC(=O)N1CC(C)CC(C(=O)O)C1. The third kappa shape index (κ3) is 5.62. The number of hydrogen-bond acceptors (Lipinski definition) is 4. The fourth-order valence-corrected chi connectivity index (χ4v) is 3.16. The fraction of sp³-hybridized carbons (Fsp3) is 0.579.